The molecule has 30 heavy (non-hydrogen) atoms. The van der Waals surface area contributed by atoms with Crippen LogP contribution in [0.4, 0.5) is 13.2 Å². The van der Waals surface area contributed by atoms with Gasteiger partial charge in [0.15, 0.2) is 5.96 Å². The second kappa shape index (κ2) is 9.07. The summed E-state index contributed by atoms with van der Waals surface area (Å²) in [6, 6.07) is 7.39. The molecule has 1 N–H and O–H groups in total. The molecule has 1 fully saturated rings. The first kappa shape index (κ1) is 22.1. The maximum atomic E-state index is 13.1. The molecule has 3 rings (SSSR count). The molecule has 0 amide bonds. The standard InChI is InChI=1S/C21H28F3N5O/c1-20(2,16-5-4-6-17(13-16)21(22,23)24)15-26-19(25-3)29-10-8-28(9-11-29)14-18-7-12-30-27-18/h4-7,12-13H,8-11,14-15H2,1-3H3,(H,25,26). The Labute approximate surface area is 174 Å². The molecule has 164 valence electrons. The highest BCUT2D eigenvalue weighted by atomic mass is 19.4. The van der Waals surface area contributed by atoms with E-state index in [9.17, 15) is 13.2 Å². The van der Waals surface area contributed by atoms with Crippen molar-refractivity contribution in [3.05, 3.63) is 53.4 Å². The average Bonchev–Trinajstić information content (AvgIpc) is 3.22. The molecule has 0 spiro atoms. The summed E-state index contributed by atoms with van der Waals surface area (Å²) in [7, 11) is 1.72. The maximum Gasteiger partial charge on any atom is 0.416 e. The molecule has 9 heteroatoms. The second-order valence-corrected chi connectivity index (χ2v) is 8.12. The molecule has 1 aromatic heterocycles. The van der Waals surface area contributed by atoms with Gasteiger partial charge in [0, 0.05) is 57.8 Å². The fourth-order valence-electron chi connectivity index (χ4n) is 3.52. The van der Waals surface area contributed by atoms with Gasteiger partial charge in [0.25, 0.3) is 0 Å². The summed E-state index contributed by atoms with van der Waals surface area (Å²) < 4.78 is 44.1. The number of hydrogen-bond donors (Lipinski definition) is 1. The third-order valence-electron chi connectivity index (χ3n) is 5.42. The lowest BCUT2D eigenvalue weighted by Crippen LogP contribution is -2.53. The van der Waals surface area contributed by atoms with Crippen molar-refractivity contribution in [3.8, 4) is 0 Å². The van der Waals surface area contributed by atoms with Gasteiger partial charge in [-0.05, 0) is 11.6 Å². The number of piperazine rings is 1. The van der Waals surface area contributed by atoms with Gasteiger partial charge in [-0.2, -0.15) is 13.2 Å². The molecule has 0 aliphatic carbocycles. The van der Waals surface area contributed by atoms with E-state index in [1.165, 1.54) is 12.1 Å². The van der Waals surface area contributed by atoms with Gasteiger partial charge in [0.2, 0.25) is 0 Å². The van der Waals surface area contributed by atoms with E-state index in [1.54, 1.807) is 19.4 Å². The first-order valence-corrected chi connectivity index (χ1v) is 9.94. The molecule has 2 aromatic rings. The van der Waals surface area contributed by atoms with Crippen LogP contribution in [0.2, 0.25) is 0 Å². The molecule has 0 atom stereocenters. The normalized spacial score (nSPS) is 16.7. The fourth-order valence-corrected chi connectivity index (χ4v) is 3.52. The zero-order valence-electron chi connectivity index (χ0n) is 17.5. The number of guanidine groups is 1. The number of rotatable bonds is 5. The summed E-state index contributed by atoms with van der Waals surface area (Å²) in [5.41, 5.74) is 0.429. The smallest absolute Gasteiger partial charge is 0.364 e. The Morgan fingerprint density at radius 3 is 2.43 bits per heavy atom. The predicted molar refractivity (Wildman–Crippen MR) is 109 cm³/mol. The van der Waals surface area contributed by atoms with Crippen LogP contribution in [-0.4, -0.2) is 60.7 Å². The fraction of sp³-hybridized carbons (Fsp3) is 0.524. The number of alkyl halides is 3. The highest BCUT2D eigenvalue weighted by Crippen LogP contribution is 2.32. The zero-order valence-corrected chi connectivity index (χ0v) is 17.5. The van der Waals surface area contributed by atoms with Crippen LogP contribution in [0.5, 0.6) is 0 Å². The first-order chi connectivity index (χ1) is 14.2. The summed E-state index contributed by atoms with van der Waals surface area (Å²) in [6.45, 7) is 8.43. The molecular weight excluding hydrogens is 395 g/mol. The SMILES string of the molecule is CN=C(NCC(C)(C)c1cccc(C(F)(F)F)c1)N1CCN(Cc2ccon2)CC1. The highest BCUT2D eigenvalue weighted by molar-refractivity contribution is 5.80. The van der Waals surface area contributed by atoms with E-state index in [0.717, 1.165) is 50.4 Å². The Bertz CT molecular complexity index is 841. The van der Waals surface area contributed by atoms with E-state index >= 15 is 0 Å². The van der Waals surface area contributed by atoms with Crippen LogP contribution < -0.4 is 5.32 Å². The van der Waals surface area contributed by atoms with Crippen LogP contribution in [0.25, 0.3) is 0 Å². The van der Waals surface area contributed by atoms with Crippen molar-refractivity contribution in [2.45, 2.75) is 32.0 Å². The van der Waals surface area contributed by atoms with E-state index in [1.807, 2.05) is 19.9 Å². The Hall–Kier alpha value is -2.55. The Morgan fingerprint density at radius 2 is 1.83 bits per heavy atom. The summed E-state index contributed by atoms with van der Waals surface area (Å²) in [6.07, 6.45) is -2.77. The number of benzene rings is 1. The van der Waals surface area contributed by atoms with Crippen molar-refractivity contribution in [2.24, 2.45) is 4.99 Å². The maximum absolute atomic E-state index is 13.1. The quantitative estimate of drug-likeness (QED) is 0.590. The average molecular weight is 423 g/mol. The molecule has 0 bridgehead atoms. The predicted octanol–water partition coefficient (Wildman–Crippen LogP) is 3.36. The minimum Gasteiger partial charge on any atom is -0.364 e. The number of nitrogens with zero attached hydrogens (tertiary/aromatic N) is 4. The molecule has 0 saturated carbocycles. The van der Waals surface area contributed by atoms with Gasteiger partial charge >= 0.3 is 6.18 Å². The summed E-state index contributed by atoms with van der Waals surface area (Å²) in [5.74, 6) is 0.760. The molecule has 1 aliphatic rings. The molecule has 1 aromatic carbocycles. The van der Waals surface area contributed by atoms with Crippen molar-refractivity contribution in [1.82, 2.24) is 20.3 Å². The monoisotopic (exact) mass is 423 g/mol. The number of halogens is 3. The van der Waals surface area contributed by atoms with Gasteiger partial charge in [0.05, 0.1) is 11.3 Å². The van der Waals surface area contributed by atoms with E-state index in [0.29, 0.717) is 12.1 Å². The van der Waals surface area contributed by atoms with Crippen LogP contribution >= 0.6 is 0 Å². The van der Waals surface area contributed by atoms with E-state index in [4.69, 9.17) is 4.52 Å². The van der Waals surface area contributed by atoms with Crippen molar-refractivity contribution in [2.75, 3.05) is 39.8 Å². The molecule has 1 aliphatic heterocycles. The van der Waals surface area contributed by atoms with Crippen LogP contribution in [-0.2, 0) is 18.1 Å². The van der Waals surface area contributed by atoms with Crippen molar-refractivity contribution < 1.29 is 17.7 Å². The van der Waals surface area contributed by atoms with Gasteiger partial charge in [-0.25, -0.2) is 0 Å². The van der Waals surface area contributed by atoms with Crippen molar-refractivity contribution in [1.29, 1.82) is 0 Å². The van der Waals surface area contributed by atoms with Crippen LogP contribution in [0.15, 0.2) is 46.1 Å². The van der Waals surface area contributed by atoms with Gasteiger partial charge < -0.3 is 14.7 Å². The Balaban J connectivity index is 1.56. The lowest BCUT2D eigenvalue weighted by Gasteiger charge is -2.37. The number of aromatic nitrogens is 1. The topological polar surface area (TPSA) is 56.9 Å². The number of nitrogens with one attached hydrogen (secondary N) is 1. The summed E-state index contributed by atoms with van der Waals surface area (Å²) in [5, 5.41) is 7.30. The van der Waals surface area contributed by atoms with E-state index < -0.39 is 17.2 Å². The molecule has 1 saturated heterocycles. The lowest BCUT2D eigenvalue weighted by atomic mass is 9.84. The van der Waals surface area contributed by atoms with E-state index in [2.05, 4.69) is 25.3 Å². The largest absolute Gasteiger partial charge is 0.416 e. The number of hydrogen-bond acceptors (Lipinski definition) is 4. The molecule has 2 heterocycles. The van der Waals surface area contributed by atoms with Gasteiger partial charge in [-0.15, -0.1) is 0 Å². The summed E-state index contributed by atoms with van der Waals surface area (Å²) >= 11 is 0. The highest BCUT2D eigenvalue weighted by Gasteiger charge is 2.32. The first-order valence-electron chi connectivity index (χ1n) is 9.94. The van der Waals surface area contributed by atoms with Gasteiger partial charge in [0.1, 0.15) is 6.26 Å². The van der Waals surface area contributed by atoms with Crippen LogP contribution in [0, 0.1) is 0 Å². The van der Waals surface area contributed by atoms with Crippen LogP contribution in [0.3, 0.4) is 0 Å². The van der Waals surface area contributed by atoms with E-state index in [-0.39, 0.29) is 0 Å². The minimum absolute atomic E-state index is 0.472. The molecule has 6 nitrogen and oxygen atoms in total. The minimum atomic E-state index is -4.35. The lowest BCUT2D eigenvalue weighted by molar-refractivity contribution is -0.137. The third-order valence-corrected chi connectivity index (χ3v) is 5.42. The molecule has 0 radical (unpaired) electrons. The van der Waals surface area contributed by atoms with Crippen molar-refractivity contribution >= 4 is 5.96 Å². The number of aliphatic imine (C=N–C) groups is 1. The summed E-state index contributed by atoms with van der Waals surface area (Å²) in [4.78, 5) is 8.84. The van der Waals surface area contributed by atoms with Crippen LogP contribution in [0.1, 0.15) is 30.7 Å². The molecular formula is C21H28F3N5O. The van der Waals surface area contributed by atoms with Gasteiger partial charge in [-0.1, -0.05) is 37.2 Å². The second-order valence-electron chi connectivity index (χ2n) is 8.12. The zero-order chi connectivity index (χ0) is 21.8. The third kappa shape index (κ3) is 5.53. The van der Waals surface area contributed by atoms with Crippen molar-refractivity contribution in [3.63, 3.8) is 0 Å². The molecule has 0 unspecified atom stereocenters. The van der Waals surface area contributed by atoms with Gasteiger partial charge in [-0.3, -0.25) is 9.89 Å². The Kier molecular flexibility index (Phi) is 6.70. The Morgan fingerprint density at radius 1 is 1.13 bits per heavy atom.